The van der Waals surface area contributed by atoms with Crippen LogP contribution in [0.2, 0.25) is 0 Å². The Hall–Kier alpha value is -3.98. The average Bonchev–Trinajstić information content (AvgIpc) is 2.79. The zero-order valence-electron chi connectivity index (χ0n) is 18.1. The van der Waals surface area contributed by atoms with Gasteiger partial charge < -0.3 is 5.32 Å². The molecule has 0 radical (unpaired) electrons. The average molecular weight is 463 g/mol. The van der Waals surface area contributed by atoms with Gasteiger partial charge in [-0.2, -0.15) is 0 Å². The van der Waals surface area contributed by atoms with Gasteiger partial charge in [0, 0.05) is 5.69 Å². The summed E-state index contributed by atoms with van der Waals surface area (Å²) in [6.45, 7) is 3.21. The predicted octanol–water partition coefficient (Wildman–Crippen LogP) is 3.45. The molecule has 0 saturated carbocycles. The quantitative estimate of drug-likeness (QED) is 0.456. The summed E-state index contributed by atoms with van der Waals surface area (Å²) in [6, 6.07) is 19.9. The largest absolute Gasteiger partial charge is 0.324 e. The maximum Gasteiger partial charge on any atom is 0.261 e. The minimum absolute atomic E-state index is 0.137. The van der Waals surface area contributed by atoms with Crippen LogP contribution in [0.3, 0.4) is 0 Å². The number of sulfonamides is 1. The Morgan fingerprint density at radius 2 is 1.67 bits per heavy atom. The summed E-state index contributed by atoms with van der Waals surface area (Å²) in [5.74, 6) is -0.00735. The number of amides is 1. The van der Waals surface area contributed by atoms with Crippen molar-refractivity contribution in [3.63, 3.8) is 0 Å². The van der Waals surface area contributed by atoms with Crippen LogP contribution in [-0.2, 0) is 21.4 Å². The van der Waals surface area contributed by atoms with Crippen LogP contribution in [0.25, 0.3) is 10.9 Å². The van der Waals surface area contributed by atoms with Crippen molar-refractivity contribution in [2.45, 2.75) is 25.3 Å². The summed E-state index contributed by atoms with van der Waals surface area (Å²) in [5.41, 5.74) is 1.71. The number of rotatable bonds is 6. The number of nitrogens with one attached hydrogen (secondary N) is 2. The summed E-state index contributed by atoms with van der Waals surface area (Å²) < 4.78 is 29.2. The summed E-state index contributed by atoms with van der Waals surface area (Å²) in [4.78, 5) is 30.0. The number of fused-ring (bicyclic) bond motifs is 1. The molecule has 0 aliphatic rings. The van der Waals surface area contributed by atoms with Gasteiger partial charge in [-0.3, -0.25) is 18.9 Å². The van der Waals surface area contributed by atoms with Crippen LogP contribution in [0.15, 0.2) is 82.5 Å². The zero-order chi connectivity index (χ0) is 23.6. The third kappa shape index (κ3) is 4.78. The monoisotopic (exact) mass is 462 g/mol. The smallest absolute Gasteiger partial charge is 0.261 e. The molecular formula is C24H22N4O4S. The molecule has 0 saturated heterocycles. The number of hydrogen-bond acceptors (Lipinski definition) is 5. The van der Waals surface area contributed by atoms with Gasteiger partial charge in [-0.1, -0.05) is 36.4 Å². The Labute approximate surface area is 191 Å². The first-order chi connectivity index (χ1) is 15.7. The van der Waals surface area contributed by atoms with Gasteiger partial charge in [-0.05, 0) is 55.8 Å². The van der Waals surface area contributed by atoms with Crippen LogP contribution in [0, 0.1) is 13.8 Å². The number of carbonyl (C=O) groups excluding carboxylic acids is 1. The van der Waals surface area contributed by atoms with E-state index in [1.54, 1.807) is 74.5 Å². The molecule has 0 bridgehead atoms. The van der Waals surface area contributed by atoms with Gasteiger partial charge >= 0.3 is 0 Å². The third-order valence-corrected chi connectivity index (χ3v) is 6.55. The Balaban J connectivity index is 1.55. The first-order valence-corrected chi connectivity index (χ1v) is 11.7. The maximum atomic E-state index is 12.8. The van der Waals surface area contributed by atoms with E-state index >= 15 is 0 Å². The molecular weight excluding hydrogens is 440 g/mol. The van der Waals surface area contributed by atoms with Crippen LogP contribution in [-0.4, -0.2) is 23.9 Å². The molecule has 1 heterocycles. The van der Waals surface area contributed by atoms with E-state index in [1.807, 2.05) is 0 Å². The second kappa shape index (κ2) is 8.87. The van der Waals surface area contributed by atoms with Crippen molar-refractivity contribution in [1.82, 2.24) is 9.55 Å². The van der Waals surface area contributed by atoms with Gasteiger partial charge in [-0.15, -0.1) is 0 Å². The molecule has 0 atom stereocenters. The van der Waals surface area contributed by atoms with Crippen molar-refractivity contribution in [2.24, 2.45) is 0 Å². The molecule has 2 N–H and O–H groups in total. The second-order valence-corrected chi connectivity index (χ2v) is 9.25. The highest BCUT2D eigenvalue weighted by molar-refractivity contribution is 7.92. The Kier molecular flexibility index (Phi) is 5.97. The fraction of sp³-hybridized carbons (Fsp3) is 0.125. The number of aromatic nitrogens is 2. The maximum absolute atomic E-state index is 12.8. The fourth-order valence-electron chi connectivity index (χ4n) is 3.42. The van der Waals surface area contributed by atoms with E-state index in [4.69, 9.17) is 0 Å². The summed E-state index contributed by atoms with van der Waals surface area (Å²) in [7, 11) is -3.78. The van der Waals surface area contributed by atoms with Crippen molar-refractivity contribution >= 4 is 38.2 Å². The predicted molar refractivity (Wildman–Crippen MR) is 128 cm³/mol. The molecule has 4 aromatic rings. The molecule has 3 aromatic carbocycles. The molecule has 0 aliphatic heterocycles. The highest BCUT2D eigenvalue weighted by atomic mass is 32.2. The lowest BCUT2D eigenvalue weighted by atomic mass is 10.2. The minimum Gasteiger partial charge on any atom is -0.324 e. The van der Waals surface area contributed by atoms with Gasteiger partial charge in [0.1, 0.15) is 12.4 Å². The summed E-state index contributed by atoms with van der Waals surface area (Å²) in [6.07, 6.45) is 0. The lowest BCUT2D eigenvalue weighted by Gasteiger charge is -2.14. The standard InChI is InChI=1S/C24H22N4O4S/c1-16-12-13-18(14-22(16)27-33(31,32)19-8-4-3-5-9-19)26-23(29)15-28-17(2)25-21-11-7-6-10-20(21)24(28)30/h3-14,27H,15H2,1-2H3,(H,26,29). The third-order valence-electron chi connectivity index (χ3n) is 5.17. The molecule has 4 rings (SSSR count). The molecule has 0 unspecified atom stereocenters. The van der Waals surface area contributed by atoms with Crippen LogP contribution >= 0.6 is 0 Å². The molecule has 9 heteroatoms. The number of para-hydroxylation sites is 1. The highest BCUT2D eigenvalue weighted by Gasteiger charge is 2.16. The van der Waals surface area contributed by atoms with Crippen molar-refractivity contribution in [2.75, 3.05) is 10.0 Å². The van der Waals surface area contributed by atoms with Gasteiger partial charge in [-0.25, -0.2) is 13.4 Å². The van der Waals surface area contributed by atoms with Crippen molar-refractivity contribution in [1.29, 1.82) is 0 Å². The van der Waals surface area contributed by atoms with E-state index in [9.17, 15) is 18.0 Å². The number of anilines is 2. The molecule has 0 aliphatic carbocycles. The second-order valence-electron chi connectivity index (χ2n) is 7.56. The molecule has 0 fully saturated rings. The Morgan fingerprint density at radius 1 is 0.970 bits per heavy atom. The Bertz CT molecular complexity index is 1510. The van der Waals surface area contributed by atoms with Crippen molar-refractivity contribution in [3.8, 4) is 0 Å². The summed E-state index contributed by atoms with van der Waals surface area (Å²) in [5, 5.41) is 3.16. The number of nitrogens with zero attached hydrogens (tertiary/aromatic N) is 2. The zero-order valence-corrected chi connectivity index (χ0v) is 18.9. The number of hydrogen-bond donors (Lipinski definition) is 2. The minimum atomic E-state index is -3.78. The molecule has 1 aromatic heterocycles. The molecule has 8 nitrogen and oxygen atoms in total. The molecule has 33 heavy (non-hydrogen) atoms. The van der Waals surface area contributed by atoms with E-state index in [0.717, 1.165) is 0 Å². The van der Waals surface area contributed by atoms with Gasteiger partial charge in [0.2, 0.25) is 5.91 Å². The fourth-order valence-corrected chi connectivity index (χ4v) is 4.57. The topological polar surface area (TPSA) is 110 Å². The number of benzene rings is 3. The molecule has 1 amide bonds. The number of carbonyl (C=O) groups is 1. The van der Waals surface area contributed by atoms with Gasteiger partial charge in [0.25, 0.3) is 15.6 Å². The summed E-state index contributed by atoms with van der Waals surface area (Å²) >= 11 is 0. The van der Waals surface area contributed by atoms with Gasteiger partial charge in [0.15, 0.2) is 0 Å². The van der Waals surface area contributed by atoms with Crippen LogP contribution in [0.5, 0.6) is 0 Å². The first kappa shape index (κ1) is 22.2. The van der Waals surface area contributed by atoms with Crippen LogP contribution in [0.1, 0.15) is 11.4 Å². The number of aryl methyl sites for hydroxylation is 2. The SMILES string of the molecule is Cc1ccc(NC(=O)Cn2c(C)nc3ccccc3c2=O)cc1NS(=O)(=O)c1ccccc1. The van der Waals surface area contributed by atoms with Gasteiger partial charge in [0.05, 0.1) is 21.5 Å². The first-order valence-electron chi connectivity index (χ1n) is 10.2. The lowest BCUT2D eigenvalue weighted by molar-refractivity contribution is -0.116. The molecule has 0 spiro atoms. The van der Waals surface area contributed by atoms with E-state index in [1.165, 1.54) is 16.7 Å². The normalized spacial score (nSPS) is 11.3. The van der Waals surface area contributed by atoms with E-state index in [2.05, 4.69) is 15.0 Å². The lowest BCUT2D eigenvalue weighted by Crippen LogP contribution is -2.30. The van der Waals surface area contributed by atoms with Crippen LogP contribution < -0.4 is 15.6 Å². The van der Waals surface area contributed by atoms with E-state index < -0.39 is 15.9 Å². The van der Waals surface area contributed by atoms with E-state index in [0.29, 0.717) is 33.7 Å². The van der Waals surface area contributed by atoms with E-state index in [-0.39, 0.29) is 17.0 Å². The van der Waals surface area contributed by atoms with Crippen molar-refractivity contribution < 1.29 is 13.2 Å². The highest BCUT2D eigenvalue weighted by Crippen LogP contribution is 2.23. The van der Waals surface area contributed by atoms with Crippen LogP contribution in [0.4, 0.5) is 11.4 Å². The van der Waals surface area contributed by atoms with Crippen molar-refractivity contribution in [3.05, 3.63) is 94.5 Å². The molecule has 168 valence electrons. The Morgan fingerprint density at radius 3 is 2.42 bits per heavy atom.